The number of amides is 1. The van der Waals surface area contributed by atoms with Gasteiger partial charge in [-0.15, -0.1) is 11.3 Å². The molecule has 7 nitrogen and oxygen atoms in total. The van der Waals surface area contributed by atoms with Gasteiger partial charge in [0.25, 0.3) is 0 Å². The summed E-state index contributed by atoms with van der Waals surface area (Å²) in [4.78, 5) is 16.7. The molecule has 0 aliphatic heterocycles. The lowest BCUT2D eigenvalue weighted by Crippen LogP contribution is -2.38. The smallest absolute Gasteiger partial charge is 0.354 e. The van der Waals surface area contributed by atoms with E-state index in [0.29, 0.717) is 17.5 Å². The topological polar surface area (TPSA) is 98.3 Å². The van der Waals surface area contributed by atoms with Crippen molar-refractivity contribution in [1.29, 1.82) is 0 Å². The number of thiophene rings is 1. The summed E-state index contributed by atoms with van der Waals surface area (Å²) in [6.07, 6.45) is 6.22. The third-order valence-corrected chi connectivity index (χ3v) is 7.45. The molecule has 0 spiro atoms. The maximum atomic E-state index is 12.6. The van der Waals surface area contributed by atoms with E-state index in [-0.39, 0.29) is 6.54 Å². The second-order valence-electron chi connectivity index (χ2n) is 7.45. The lowest BCUT2D eigenvalue weighted by molar-refractivity contribution is 0.265. The molecule has 9 heteroatoms. The maximum absolute atomic E-state index is 12.6. The van der Waals surface area contributed by atoms with Crippen molar-refractivity contribution in [3.05, 3.63) is 59.5 Å². The monoisotopic (exact) mass is 446 g/mol. The zero-order chi connectivity index (χ0) is 21.9. The fourth-order valence-corrected chi connectivity index (χ4v) is 5.88. The van der Waals surface area contributed by atoms with Gasteiger partial charge in [-0.1, -0.05) is 38.1 Å². The highest BCUT2D eigenvalue weighted by molar-refractivity contribution is 8.07. The predicted octanol–water partition coefficient (Wildman–Crippen LogP) is 4.09. The van der Waals surface area contributed by atoms with Crippen molar-refractivity contribution in [3.8, 4) is 11.1 Å². The van der Waals surface area contributed by atoms with E-state index >= 15 is 0 Å². The average molecular weight is 447 g/mol. The highest BCUT2D eigenvalue weighted by atomic mass is 32.2. The van der Waals surface area contributed by atoms with Crippen molar-refractivity contribution in [2.24, 2.45) is 11.7 Å². The molecule has 0 aliphatic rings. The largest absolute Gasteiger partial charge is 0.355 e. The molecule has 1 amide bonds. The van der Waals surface area contributed by atoms with Crippen LogP contribution in [0.15, 0.2) is 49.1 Å². The number of aromatic nitrogens is 2. The van der Waals surface area contributed by atoms with Crippen molar-refractivity contribution in [1.82, 2.24) is 9.55 Å². The Morgan fingerprint density at radius 3 is 2.50 bits per heavy atom. The van der Waals surface area contributed by atoms with Gasteiger partial charge >= 0.3 is 15.3 Å². The van der Waals surface area contributed by atoms with Crippen LogP contribution >= 0.6 is 11.3 Å². The van der Waals surface area contributed by atoms with Gasteiger partial charge in [0.05, 0.1) is 6.33 Å². The normalized spacial score (nSPS) is 11.7. The Labute approximate surface area is 181 Å². The van der Waals surface area contributed by atoms with Gasteiger partial charge < -0.3 is 10.3 Å². The zero-order valence-corrected chi connectivity index (χ0v) is 18.9. The molecule has 160 valence electrons. The van der Waals surface area contributed by atoms with Crippen LogP contribution in [0, 0.1) is 5.92 Å². The number of hydrogen-bond acceptors (Lipinski definition) is 5. The predicted molar refractivity (Wildman–Crippen MR) is 121 cm³/mol. The van der Waals surface area contributed by atoms with Crippen molar-refractivity contribution >= 4 is 31.6 Å². The van der Waals surface area contributed by atoms with Crippen LogP contribution in [-0.4, -0.2) is 29.8 Å². The summed E-state index contributed by atoms with van der Waals surface area (Å²) in [6.45, 7) is 6.74. The number of hydrogen-bond donors (Lipinski definition) is 1. The molecular weight excluding hydrogens is 420 g/mol. The van der Waals surface area contributed by atoms with E-state index in [0.717, 1.165) is 32.3 Å². The first-order chi connectivity index (χ1) is 14.2. The van der Waals surface area contributed by atoms with Crippen LogP contribution in [0.1, 0.15) is 31.2 Å². The van der Waals surface area contributed by atoms with Crippen LogP contribution in [0.3, 0.4) is 0 Å². The zero-order valence-electron chi connectivity index (χ0n) is 17.3. The van der Waals surface area contributed by atoms with Gasteiger partial charge in [-0.2, -0.15) is 8.42 Å². The van der Waals surface area contributed by atoms with Crippen LogP contribution in [0.25, 0.3) is 11.1 Å². The Bertz CT molecular complexity index is 1100. The Morgan fingerprint density at radius 1 is 1.27 bits per heavy atom. The van der Waals surface area contributed by atoms with E-state index in [2.05, 4.69) is 18.8 Å². The number of sulfonamides is 1. The maximum Gasteiger partial charge on any atom is 0.354 e. The molecule has 2 aromatic heterocycles. The van der Waals surface area contributed by atoms with Crippen LogP contribution < -0.4 is 10.0 Å². The minimum Gasteiger partial charge on any atom is -0.355 e. The number of nitrogens with zero attached hydrogens (tertiary/aromatic N) is 3. The highest BCUT2D eigenvalue weighted by Crippen LogP contribution is 2.41. The van der Waals surface area contributed by atoms with Gasteiger partial charge in [-0.25, -0.2) is 4.98 Å². The second-order valence-corrected chi connectivity index (χ2v) is 10.4. The molecule has 0 aliphatic carbocycles. The fourth-order valence-electron chi connectivity index (χ4n) is 3.24. The molecule has 0 saturated heterocycles. The molecule has 2 N–H and O–H groups in total. The number of anilines is 1. The summed E-state index contributed by atoms with van der Waals surface area (Å²) in [6, 6.07) is 9.99. The Kier molecular flexibility index (Phi) is 6.62. The molecule has 0 fully saturated rings. The number of primary amides is 1. The minimum absolute atomic E-state index is 0.124. The highest BCUT2D eigenvalue weighted by Gasteiger charge is 2.31. The number of rotatable bonds is 8. The van der Waals surface area contributed by atoms with Crippen LogP contribution in [0.4, 0.5) is 9.80 Å². The molecule has 0 atom stereocenters. The molecule has 2 heterocycles. The van der Waals surface area contributed by atoms with E-state index in [1.54, 1.807) is 19.4 Å². The third kappa shape index (κ3) is 4.73. The molecule has 0 radical (unpaired) electrons. The molecule has 3 aromatic rings. The first-order valence-electron chi connectivity index (χ1n) is 9.72. The fraction of sp³-hybridized carbons (Fsp3) is 0.333. The quantitative estimate of drug-likeness (QED) is 0.563. The molecule has 3 rings (SSSR count). The van der Waals surface area contributed by atoms with Crippen molar-refractivity contribution in [2.75, 3.05) is 10.8 Å². The van der Waals surface area contributed by atoms with E-state index in [1.165, 1.54) is 11.3 Å². The average Bonchev–Trinajstić information content (AvgIpc) is 3.32. The number of benzene rings is 1. The van der Waals surface area contributed by atoms with Gasteiger partial charge in [0.15, 0.2) is 0 Å². The number of carbonyl (C=O) groups is 1. The van der Waals surface area contributed by atoms with Crippen molar-refractivity contribution < 1.29 is 13.2 Å². The summed E-state index contributed by atoms with van der Waals surface area (Å²) >= 11 is 1.39. The lowest BCUT2D eigenvalue weighted by atomic mass is 10.0. The summed E-state index contributed by atoms with van der Waals surface area (Å²) in [7, 11) is -4.26. The van der Waals surface area contributed by atoms with Crippen LogP contribution in [0.5, 0.6) is 0 Å². The van der Waals surface area contributed by atoms with Crippen molar-refractivity contribution in [3.63, 3.8) is 0 Å². The van der Waals surface area contributed by atoms with E-state index in [1.807, 2.05) is 41.1 Å². The Morgan fingerprint density at radius 2 is 1.97 bits per heavy atom. The molecule has 0 unspecified atom stereocenters. The SMILES string of the molecule is CCN(c1sc(CC(C)C)cc1-c1ccc(Cn2ccnc2)cc1)S(=O)(=O)C(N)=O. The van der Waals surface area contributed by atoms with E-state index < -0.39 is 15.3 Å². The van der Waals surface area contributed by atoms with Crippen molar-refractivity contribution in [2.45, 2.75) is 33.7 Å². The summed E-state index contributed by atoms with van der Waals surface area (Å²) in [5, 5.41) is -0.820. The molecular formula is C21H26N4O3S2. The third-order valence-electron chi connectivity index (χ3n) is 4.62. The Balaban J connectivity index is 2.02. The molecule has 0 bridgehead atoms. The minimum atomic E-state index is -4.26. The van der Waals surface area contributed by atoms with Crippen LogP contribution in [0.2, 0.25) is 0 Å². The van der Waals surface area contributed by atoms with E-state index in [9.17, 15) is 13.2 Å². The summed E-state index contributed by atoms with van der Waals surface area (Å²) in [5.41, 5.74) is 7.96. The first kappa shape index (κ1) is 22.0. The lowest BCUT2D eigenvalue weighted by Gasteiger charge is -2.20. The molecule has 30 heavy (non-hydrogen) atoms. The molecule has 1 aromatic carbocycles. The summed E-state index contributed by atoms with van der Waals surface area (Å²) in [5.74, 6) is 0.421. The van der Waals surface area contributed by atoms with Gasteiger partial charge in [0.1, 0.15) is 5.00 Å². The Hall–Kier alpha value is -2.65. The van der Waals surface area contributed by atoms with Gasteiger partial charge in [0, 0.05) is 35.9 Å². The number of carbonyl (C=O) groups excluding carboxylic acids is 1. The van der Waals surface area contributed by atoms with Gasteiger partial charge in [0.2, 0.25) is 0 Å². The molecule has 0 saturated carbocycles. The standard InChI is InChI=1S/C21H26N4O3S2/c1-4-25(30(27,28)21(22)26)20-19(12-18(29-20)11-15(2)3)17-7-5-16(6-8-17)13-24-10-9-23-14-24/h5-10,12,14-15H,4,11,13H2,1-3H3,(H2,22,26). The van der Waals surface area contributed by atoms with Crippen LogP contribution in [-0.2, 0) is 23.0 Å². The van der Waals surface area contributed by atoms with E-state index in [4.69, 9.17) is 5.73 Å². The van der Waals surface area contributed by atoms with Gasteiger partial charge in [-0.05, 0) is 36.5 Å². The second kappa shape index (κ2) is 9.01. The van der Waals surface area contributed by atoms with Gasteiger partial charge in [-0.3, -0.25) is 9.10 Å². The summed E-state index contributed by atoms with van der Waals surface area (Å²) < 4.78 is 28.2. The number of imidazole rings is 1. The first-order valence-corrected chi connectivity index (χ1v) is 12.0. The number of nitrogens with two attached hydrogens (primary N) is 1.